The number of nitrogens with zero attached hydrogens (tertiary/aromatic N) is 1. The SMILES string of the molecule is CCOc1ccc(N=C2NC(=O)/C(=C/c3cc(I)c(OCc4ccccc4Cl)c(OC)c3)S2)cc1. The van der Waals surface area contributed by atoms with E-state index in [-0.39, 0.29) is 5.91 Å². The third kappa shape index (κ3) is 6.50. The first-order valence-corrected chi connectivity index (χ1v) is 13.0. The molecule has 1 fully saturated rings. The third-order valence-corrected chi connectivity index (χ3v) is 6.99. The minimum absolute atomic E-state index is 0.201. The highest BCUT2D eigenvalue weighted by molar-refractivity contribution is 14.1. The van der Waals surface area contributed by atoms with Crippen molar-refractivity contribution < 1.29 is 19.0 Å². The maximum absolute atomic E-state index is 12.5. The lowest BCUT2D eigenvalue weighted by Crippen LogP contribution is -2.19. The molecule has 0 atom stereocenters. The van der Waals surface area contributed by atoms with Gasteiger partial charge in [0.05, 0.1) is 27.9 Å². The Morgan fingerprint density at radius 2 is 1.89 bits per heavy atom. The van der Waals surface area contributed by atoms with Crippen molar-refractivity contribution in [1.82, 2.24) is 5.32 Å². The van der Waals surface area contributed by atoms with Gasteiger partial charge in [0.1, 0.15) is 12.4 Å². The number of amides is 1. The number of aliphatic imine (C=N–C) groups is 1. The number of carbonyl (C=O) groups is 1. The van der Waals surface area contributed by atoms with Crippen LogP contribution in [0.25, 0.3) is 6.08 Å². The lowest BCUT2D eigenvalue weighted by molar-refractivity contribution is -0.115. The summed E-state index contributed by atoms with van der Waals surface area (Å²) in [6.07, 6.45) is 1.81. The highest BCUT2D eigenvalue weighted by Gasteiger charge is 2.24. The number of carbonyl (C=O) groups excluding carboxylic acids is 1. The fraction of sp³-hybridized carbons (Fsp3) is 0.154. The number of thioether (sulfide) groups is 1. The van der Waals surface area contributed by atoms with Crippen molar-refractivity contribution in [1.29, 1.82) is 0 Å². The third-order valence-electron chi connectivity index (χ3n) is 4.91. The molecule has 1 amide bonds. The van der Waals surface area contributed by atoms with E-state index >= 15 is 0 Å². The van der Waals surface area contributed by atoms with Gasteiger partial charge >= 0.3 is 0 Å². The molecule has 1 N–H and O–H groups in total. The molecule has 6 nitrogen and oxygen atoms in total. The van der Waals surface area contributed by atoms with Gasteiger partial charge in [-0.1, -0.05) is 29.8 Å². The largest absolute Gasteiger partial charge is 0.494 e. The van der Waals surface area contributed by atoms with E-state index in [0.29, 0.717) is 39.8 Å². The van der Waals surface area contributed by atoms with Crippen LogP contribution in [0.1, 0.15) is 18.1 Å². The van der Waals surface area contributed by atoms with Gasteiger partial charge in [0.2, 0.25) is 0 Å². The molecule has 9 heteroatoms. The molecule has 0 spiro atoms. The lowest BCUT2D eigenvalue weighted by atomic mass is 10.2. The number of benzene rings is 3. The summed E-state index contributed by atoms with van der Waals surface area (Å²) in [5, 5.41) is 3.98. The molecule has 0 aromatic heterocycles. The maximum atomic E-state index is 12.5. The molecule has 0 radical (unpaired) electrons. The maximum Gasteiger partial charge on any atom is 0.264 e. The van der Waals surface area contributed by atoms with Gasteiger partial charge in [-0.05, 0) is 95.4 Å². The number of ether oxygens (including phenoxy) is 3. The van der Waals surface area contributed by atoms with Crippen molar-refractivity contribution in [2.24, 2.45) is 4.99 Å². The van der Waals surface area contributed by atoms with Crippen molar-refractivity contribution in [3.63, 3.8) is 0 Å². The summed E-state index contributed by atoms with van der Waals surface area (Å²) >= 11 is 9.73. The van der Waals surface area contributed by atoms with E-state index < -0.39 is 0 Å². The first kappa shape index (κ1) is 25.4. The molecule has 1 aliphatic rings. The number of hydrogen-bond donors (Lipinski definition) is 1. The molecule has 1 aliphatic heterocycles. The van der Waals surface area contributed by atoms with Gasteiger partial charge < -0.3 is 19.5 Å². The zero-order chi connectivity index (χ0) is 24.8. The zero-order valence-corrected chi connectivity index (χ0v) is 22.7. The summed E-state index contributed by atoms with van der Waals surface area (Å²) in [5.74, 6) is 1.77. The van der Waals surface area contributed by atoms with E-state index in [2.05, 4.69) is 32.9 Å². The molecule has 0 saturated carbocycles. The number of nitrogens with one attached hydrogen (secondary N) is 1. The molecular formula is C26H22ClIN2O4S. The van der Waals surface area contributed by atoms with Crippen molar-refractivity contribution in [2.45, 2.75) is 13.5 Å². The smallest absolute Gasteiger partial charge is 0.264 e. The van der Waals surface area contributed by atoms with Crippen LogP contribution < -0.4 is 19.5 Å². The molecule has 3 aromatic carbocycles. The number of amidine groups is 1. The second-order valence-electron chi connectivity index (χ2n) is 7.32. The summed E-state index contributed by atoms with van der Waals surface area (Å²) < 4.78 is 17.9. The highest BCUT2D eigenvalue weighted by atomic mass is 127. The quantitative estimate of drug-likeness (QED) is 0.221. The van der Waals surface area contributed by atoms with Crippen LogP contribution in [0.2, 0.25) is 5.02 Å². The fourth-order valence-electron chi connectivity index (χ4n) is 3.26. The molecule has 0 bridgehead atoms. The molecule has 1 heterocycles. The van der Waals surface area contributed by atoms with Crippen molar-refractivity contribution in [3.8, 4) is 17.2 Å². The number of methoxy groups -OCH3 is 1. The Hall–Kier alpha value is -2.69. The van der Waals surface area contributed by atoms with Crippen LogP contribution in [0.4, 0.5) is 5.69 Å². The van der Waals surface area contributed by atoms with Crippen LogP contribution in [0.15, 0.2) is 70.6 Å². The van der Waals surface area contributed by atoms with Crippen LogP contribution in [0.3, 0.4) is 0 Å². The van der Waals surface area contributed by atoms with E-state index in [9.17, 15) is 4.79 Å². The topological polar surface area (TPSA) is 69.2 Å². The van der Waals surface area contributed by atoms with E-state index in [4.69, 9.17) is 25.8 Å². The Balaban J connectivity index is 1.51. The number of hydrogen-bond acceptors (Lipinski definition) is 6. The Labute approximate surface area is 226 Å². The predicted octanol–water partition coefficient (Wildman–Crippen LogP) is 6.82. The van der Waals surface area contributed by atoms with Gasteiger partial charge in [0, 0.05) is 10.6 Å². The first-order valence-electron chi connectivity index (χ1n) is 10.7. The molecular weight excluding hydrogens is 599 g/mol. The van der Waals surface area contributed by atoms with E-state index in [1.165, 1.54) is 11.8 Å². The Morgan fingerprint density at radius 3 is 2.60 bits per heavy atom. The molecule has 35 heavy (non-hydrogen) atoms. The van der Waals surface area contributed by atoms with Crippen LogP contribution in [-0.4, -0.2) is 24.8 Å². The number of halogens is 2. The fourth-order valence-corrected chi connectivity index (χ4v) is 5.07. The summed E-state index contributed by atoms with van der Waals surface area (Å²) in [4.78, 5) is 17.6. The minimum atomic E-state index is -0.201. The van der Waals surface area contributed by atoms with Crippen molar-refractivity contribution in [2.75, 3.05) is 13.7 Å². The van der Waals surface area contributed by atoms with Crippen LogP contribution in [0.5, 0.6) is 17.2 Å². The van der Waals surface area contributed by atoms with Gasteiger partial charge in [-0.3, -0.25) is 4.79 Å². The molecule has 3 aromatic rings. The van der Waals surface area contributed by atoms with Gasteiger partial charge in [-0.25, -0.2) is 4.99 Å². The summed E-state index contributed by atoms with van der Waals surface area (Å²) in [5.41, 5.74) is 2.43. The first-order chi connectivity index (χ1) is 17.0. The normalized spacial score (nSPS) is 15.4. The Bertz CT molecular complexity index is 1300. The van der Waals surface area contributed by atoms with E-state index in [0.717, 1.165) is 26.1 Å². The average molecular weight is 621 g/mol. The molecule has 0 unspecified atom stereocenters. The second-order valence-corrected chi connectivity index (χ2v) is 9.92. The molecule has 4 rings (SSSR count). The summed E-state index contributed by atoms with van der Waals surface area (Å²) in [6, 6.07) is 18.7. The van der Waals surface area contributed by atoms with Crippen LogP contribution >= 0.6 is 46.0 Å². The van der Waals surface area contributed by atoms with Gasteiger partial charge in [-0.2, -0.15) is 0 Å². The van der Waals surface area contributed by atoms with Crippen molar-refractivity contribution >= 4 is 68.8 Å². The van der Waals surface area contributed by atoms with E-state index in [1.54, 1.807) is 7.11 Å². The van der Waals surface area contributed by atoms with Gasteiger partial charge in [0.25, 0.3) is 5.91 Å². The second kappa shape index (κ2) is 11.8. The lowest BCUT2D eigenvalue weighted by Gasteiger charge is -2.14. The summed E-state index contributed by atoms with van der Waals surface area (Å²) in [7, 11) is 1.59. The standard InChI is InChI=1S/C26H22ClIN2O4S/c1-3-33-19-10-8-18(9-11-19)29-26-30-25(31)23(35-26)14-16-12-21(28)24(22(13-16)32-2)34-15-17-6-4-5-7-20(17)27/h4-14H,3,15H2,1-2H3,(H,29,30,31)/b23-14-. The molecule has 0 aliphatic carbocycles. The average Bonchev–Trinajstić information content (AvgIpc) is 3.18. The van der Waals surface area contributed by atoms with E-state index in [1.807, 2.05) is 73.7 Å². The van der Waals surface area contributed by atoms with Crippen LogP contribution in [0, 0.1) is 3.57 Å². The van der Waals surface area contributed by atoms with Crippen molar-refractivity contribution in [3.05, 3.63) is 85.3 Å². The summed E-state index contributed by atoms with van der Waals surface area (Å²) in [6.45, 7) is 2.85. The van der Waals surface area contributed by atoms with Crippen LogP contribution in [-0.2, 0) is 11.4 Å². The predicted molar refractivity (Wildman–Crippen MR) is 150 cm³/mol. The van der Waals surface area contributed by atoms with Gasteiger partial charge in [-0.15, -0.1) is 0 Å². The Morgan fingerprint density at radius 1 is 1.11 bits per heavy atom. The molecule has 180 valence electrons. The zero-order valence-electron chi connectivity index (χ0n) is 19.0. The number of rotatable bonds is 8. The highest BCUT2D eigenvalue weighted by Crippen LogP contribution is 2.37. The monoisotopic (exact) mass is 620 g/mol. The Kier molecular flexibility index (Phi) is 8.59. The molecule has 1 saturated heterocycles. The van der Waals surface area contributed by atoms with Gasteiger partial charge in [0.15, 0.2) is 16.7 Å². The minimum Gasteiger partial charge on any atom is -0.494 e.